The van der Waals surface area contributed by atoms with Crippen molar-refractivity contribution in [2.75, 3.05) is 17.2 Å². The Morgan fingerprint density at radius 1 is 1.10 bits per heavy atom. The zero-order valence-electron chi connectivity index (χ0n) is 23.2. The first-order valence-corrected chi connectivity index (χ1v) is 14.3. The number of carbonyl (C=O) groups excluding carboxylic acids is 2. The van der Waals surface area contributed by atoms with Gasteiger partial charge in [-0.1, -0.05) is 29.9 Å². The number of hydrogen-bond donors (Lipinski definition) is 2. The van der Waals surface area contributed by atoms with Crippen molar-refractivity contribution in [3.8, 4) is 22.9 Å². The summed E-state index contributed by atoms with van der Waals surface area (Å²) in [5, 5.41) is 5.83. The van der Waals surface area contributed by atoms with Crippen LogP contribution in [0.5, 0.6) is 11.6 Å². The van der Waals surface area contributed by atoms with Crippen molar-refractivity contribution in [2.45, 2.75) is 58.3 Å². The van der Waals surface area contributed by atoms with Crippen molar-refractivity contribution < 1.29 is 27.5 Å². The largest absolute Gasteiger partial charge is 0.437 e. The van der Waals surface area contributed by atoms with Crippen LogP contribution in [0.4, 0.5) is 24.0 Å². The minimum absolute atomic E-state index is 0.00435. The molecule has 2 aromatic carbocycles. The molecule has 1 fully saturated rings. The molecule has 2 aromatic heterocycles. The van der Waals surface area contributed by atoms with Gasteiger partial charge in [-0.25, -0.2) is 15.0 Å². The maximum Gasteiger partial charge on any atom is 0.416 e. The zero-order valence-corrected chi connectivity index (χ0v) is 24.0. The minimum atomic E-state index is -4.60. The van der Waals surface area contributed by atoms with E-state index in [4.69, 9.17) is 4.74 Å². The molecule has 0 aliphatic carbocycles. The molecule has 220 valence electrons. The number of alkyl halides is 3. The number of ether oxygens (including phenoxy) is 1. The summed E-state index contributed by atoms with van der Waals surface area (Å²) in [6.45, 7) is 6.13. The molecule has 3 heterocycles. The summed E-state index contributed by atoms with van der Waals surface area (Å²) in [5.41, 5.74) is 0.168. The average Bonchev–Trinajstić information content (AvgIpc) is 3.35. The number of anilines is 2. The van der Waals surface area contributed by atoms with Gasteiger partial charge >= 0.3 is 6.18 Å². The lowest BCUT2D eigenvalue weighted by atomic mass is 9.99. The molecule has 4 aromatic rings. The van der Waals surface area contributed by atoms with Gasteiger partial charge in [0.05, 0.1) is 27.7 Å². The number of amides is 2. The zero-order chi connectivity index (χ0) is 30.0. The molecule has 1 aliphatic rings. The SMILES string of the molecule is CC(=O)Nc1nc2c(Oc3cc(-c4ccc(C(F)(F)F)cc4NC(=O)C4CCCCN4C(C)C)ncn3)cccc2s1. The Balaban J connectivity index is 1.47. The molecule has 1 unspecified atom stereocenters. The molecule has 0 spiro atoms. The molecule has 1 aliphatic heterocycles. The number of aromatic nitrogens is 3. The van der Waals surface area contributed by atoms with E-state index in [1.54, 1.807) is 12.1 Å². The van der Waals surface area contributed by atoms with Crippen LogP contribution in [0.15, 0.2) is 48.8 Å². The second kappa shape index (κ2) is 12.0. The third kappa shape index (κ3) is 6.52. The lowest BCUT2D eigenvalue weighted by Gasteiger charge is -2.37. The fourth-order valence-corrected chi connectivity index (χ4v) is 5.91. The summed E-state index contributed by atoms with van der Waals surface area (Å²) in [5.74, 6) is -0.120. The molecule has 42 heavy (non-hydrogen) atoms. The van der Waals surface area contributed by atoms with Crippen LogP contribution in [0.1, 0.15) is 45.6 Å². The fraction of sp³-hybridized carbons (Fsp3) is 0.345. The molecule has 2 N–H and O–H groups in total. The summed E-state index contributed by atoms with van der Waals surface area (Å²) < 4.78 is 47.8. The maximum atomic E-state index is 13.7. The van der Waals surface area contributed by atoms with E-state index in [0.29, 0.717) is 22.8 Å². The van der Waals surface area contributed by atoms with Gasteiger partial charge in [0.2, 0.25) is 17.7 Å². The van der Waals surface area contributed by atoms with Gasteiger partial charge in [-0.2, -0.15) is 13.2 Å². The third-order valence-corrected chi connectivity index (χ3v) is 7.85. The van der Waals surface area contributed by atoms with E-state index in [0.717, 1.165) is 36.2 Å². The number of thiazole rings is 1. The molecule has 0 bridgehead atoms. The first-order chi connectivity index (χ1) is 20.0. The molecule has 13 heteroatoms. The molecule has 0 saturated carbocycles. The predicted octanol–water partition coefficient (Wildman–Crippen LogP) is 6.72. The van der Waals surface area contributed by atoms with Gasteiger partial charge < -0.3 is 15.4 Å². The Kier molecular flexibility index (Phi) is 8.41. The van der Waals surface area contributed by atoms with E-state index in [1.807, 2.05) is 19.9 Å². The summed E-state index contributed by atoms with van der Waals surface area (Å²) >= 11 is 1.28. The number of nitrogens with one attached hydrogen (secondary N) is 2. The monoisotopic (exact) mass is 598 g/mol. The second-order valence-electron chi connectivity index (χ2n) is 10.2. The van der Waals surface area contributed by atoms with E-state index in [2.05, 4.69) is 30.5 Å². The van der Waals surface area contributed by atoms with Crippen LogP contribution in [0.25, 0.3) is 21.5 Å². The molecular formula is C29H29F3N6O3S. The van der Waals surface area contributed by atoms with E-state index in [-0.39, 0.29) is 40.7 Å². The number of halogens is 3. The van der Waals surface area contributed by atoms with Gasteiger partial charge in [0.15, 0.2) is 10.9 Å². The van der Waals surface area contributed by atoms with Crippen molar-refractivity contribution in [1.29, 1.82) is 0 Å². The van der Waals surface area contributed by atoms with Gasteiger partial charge in [-0.15, -0.1) is 0 Å². The van der Waals surface area contributed by atoms with Gasteiger partial charge in [0.1, 0.15) is 11.8 Å². The quantitative estimate of drug-likeness (QED) is 0.243. The van der Waals surface area contributed by atoms with Crippen LogP contribution in [0.2, 0.25) is 0 Å². The summed E-state index contributed by atoms with van der Waals surface area (Å²) in [4.78, 5) is 39.8. The number of carbonyl (C=O) groups is 2. The normalized spacial score (nSPS) is 16.0. The highest BCUT2D eigenvalue weighted by Crippen LogP contribution is 2.38. The van der Waals surface area contributed by atoms with Crippen LogP contribution >= 0.6 is 11.3 Å². The van der Waals surface area contributed by atoms with Gasteiger partial charge in [-0.05, 0) is 57.5 Å². The third-order valence-electron chi connectivity index (χ3n) is 6.91. The van der Waals surface area contributed by atoms with Crippen LogP contribution in [-0.4, -0.2) is 50.3 Å². The molecule has 2 amide bonds. The van der Waals surface area contributed by atoms with Crippen molar-refractivity contribution in [3.63, 3.8) is 0 Å². The van der Waals surface area contributed by atoms with Crippen LogP contribution in [-0.2, 0) is 15.8 Å². The average molecular weight is 599 g/mol. The summed E-state index contributed by atoms with van der Waals surface area (Å²) in [7, 11) is 0. The number of nitrogens with zero attached hydrogens (tertiary/aromatic N) is 4. The Hall–Kier alpha value is -4.10. The molecule has 1 atom stereocenters. The Bertz CT molecular complexity index is 1620. The van der Waals surface area contributed by atoms with E-state index in [9.17, 15) is 22.8 Å². The number of likely N-dealkylation sites (tertiary alicyclic amines) is 1. The molecule has 9 nitrogen and oxygen atoms in total. The maximum absolute atomic E-state index is 13.7. The molecular weight excluding hydrogens is 569 g/mol. The molecule has 5 rings (SSSR count). The minimum Gasteiger partial charge on any atom is -0.437 e. The number of rotatable bonds is 7. The number of para-hydroxylation sites is 1. The number of hydrogen-bond acceptors (Lipinski definition) is 8. The van der Waals surface area contributed by atoms with E-state index in [1.165, 1.54) is 36.7 Å². The van der Waals surface area contributed by atoms with Crippen LogP contribution in [0, 0.1) is 0 Å². The Morgan fingerprint density at radius 3 is 2.64 bits per heavy atom. The van der Waals surface area contributed by atoms with Crippen LogP contribution in [0.3, 0.4) is 0 Å². The van der Waals surface area contributed by atoms with Crippen molar-refractivity contribution in [2.24, 2.45) is 0 Å². The standard InChI is InChI=1S/C29H29F3N6O3S/c1-16(2)38-12-5-4-7-22(38)27(40)36-21-13-18(29(30,31)32)10-11-19(21)20-14-25(34-15-33-20)41-23-8-6-9-24-26(23)37-28(42-24)35-17(3)39/h6,8-11,13-16,22H,4-5,7,12H2,1-3H3,(H,36,40)(H,35,37,39). The summed E-state index contributed by atoms with van der Waals surface area (Å²) in [6, 6.07) is 9.60. The van der Waals surface area contributed by atoms with E-state index >= 15 is 0 Å². The van der Waals surface area contributed by atoms with Gasteiger partial charge in [-0.3, -0.25) is 14.5 Å². The molecule has 1 saturated heterocycles. The first kappa shape index (κ1) is 29.4. The topological polar surface area (TPSA) is 109 Å². The van der Waals surface area contributed by atoms with Gasteiger partial charge in [0.25, 0.3) is 0 Å². The smallest absolute Gasteiger partial charge is 0.416 e. The lowest BCUT2D eigenvalue weighted by molar-refractivity contribution is -0.137. The van der Waals surface area contributed by atoms with Crippen molar-refractivity contribution in [1.82, 2.24) is 19.9 Å². The highest BCUT2D eigenvalue weighted by atomic mass is 32.1. The summed E-state index contributed by atoms with van der Waals surface area (Å²) in [6.07, 6.45) is -0.921. The van der Waals surface area contributed by atoms with E-state index < -0.39 is 17.8 Å². The number of piperidine rings is 1. The van der Waals surface area contributed by atoms with Crippen LogP contribution < -0.4 is 15.4 Å². The number of fused-ring (bicyclic) bond motifs is 1. The first-order valence-electron chi connectivity index (χ1n) is 13.4. The molecule has 0 radical (unpaired) electrons. The fourth-order valence-electron chi connectivity index (χ4n) is 4.98. The number of benzene rings is 2. The van der Waals surface area contributed by atoms with Crippen molar-refractivity contribution >= 4 is 44.2 Å². The Morgan fingerprint density at radius 2 is 1.90 bits per heavy atom. The Labute approximate surface area is 244 Å². The second-order valence-corrected chi connectivity index (χ2v) is 11.3. The van der Waals surface area contributed by atoms with Crippen molar-refractivity contribution in [3.05, 3.63) is 54.4 Å². The predicted molar refractivity (Wildman–Crippen MR) is 155 cm³/mol. The van der Waals surface area contributed by atoms with Gasteiger partial charge in [0, 0.05) is 24.6 Å². The highest BCUT2D eigenvalue weighted by molar-refractivity contribution is 7.22. The highest BCUT2D eigenvalue weighted by Gasteiger charge is 2.33. The lowest BCUT2D eigenvalue weighted by Crippen LogP contribution is -2.50.